The van der Waals surface area contributed by atoms with Gasteiger partial charge in [-0.05, 0) is 18.3 Å². The van der Waals surface area contributed by atoms with Crippen molar-refractivity contribution in [3.8, 4) is 0 Å². The number of nitrogens with zero attached hydrogens (tertiary/aromatic N) is 2. The summed E-state index contributed by atoms with van der Waals surface area (Å²) in [5.74, 6) is -0.979. The van der Waals surface area contributed by atoms with Crippen molar-refractivity contribution in [2.45, 2.75) is 26.7 Å². The Morgan fingerprint density at radius 1 is 1.35 bits per heavy atom. The van der Waals surface area contributed by atoms with Crippen LogP contribution in [0.15, 0.2) is 12.4 Å². The van der Waals surface area contributed by atoms with Gasteiger partial charge in [0.15, 0.2) is 0 Å². The van der Waals surface area contributed by atoms with Crippen molar-refractivity contribution >= 4 is 23.5 Å². The lowest BCUT2D eigenvalue weighted by Crippen LogP contribution is -2.31. The number of rotatable bonds is 7. The lowest BCUT2D eigenvalue weighted by molar-refractivity contribution is -0.138. The number of amides is 1. The fourth-order valence-corrected chi connectivity index (χ4v) is 2.01. The van der Waals surface area contributed by atoms with Gasteiger partial charge in [0.25, 0.3) is 5.91 Å². The van der Waals surface area contributed by atoms with Crippen LogP contribution in [0.5, 0.6) is 0 Å². The van der Waals surface area contributed by atoms with Crippen LogP contribution in [-0.4, -0.2) is 33.5 Å². The number of carboxylic acids is 1. The maximum Gasteiger partial charge on any atom is 0.303 e. The molecule has 0 aromatic carbocycles. The maximum absolute atomic E-state index is 11.8. The van der Waals surface area contributed by atoms with Crippen molar-refractivity contribution in [1.29, 1.82) is 0 Å². The normalized spacial score (nSPS) is 12.2. The standard InChI is InChI=1S/C13H18ClN3O3/c1-8(2)3-9(4-12(18)19)5-17-13(20)10-6-16-11(14)7-15-10/h6-9H,3-5H2,1-2H3,(H,17,20)(H,18,19)/t9-/m0/s1. The van der Waals surface area contributed by atoms with Crippen molar-refractivity contribution in [3.63, 3.8) is 0 Å². The highest BCUT2D eigenvalue weighted by atomic mass is 35.5. The molecule has 2 N–H and O–H groups in total. The monoisotopic (exact) mass is 299 g/mol. The Balaban J connectivity index is 2.55. The van der Waals surface area contributed by atoms with Gasteiger partial charge in [-0.2, -0.15) is 0 Å². The number of carboxylic acid groups (broad SMARTS) is 1. The van der Waals surface area contributed by atoms with Crippen molar-refractivity contribution in [2.24, 2.45) is 11.8 Å². The van der Waals surface area contributed by atoms with Crippen molar-refractivity contribution in [2.75, 3.05) is 6.54 Å². The van der Waals surface area contributed by atoms with Gasteiger partial charge in [0, 0.05) is 13.0 Å². The maximum atomic E-state index is 11.8. The first-order valence-electron chi connectivity index (χ1n) is 6.36. The highest BCUT2D eigenvalue weighted by molar-refractivity contribution is 6.29. The third-order valence-electron chi connectivity index (χ3n) is 2.67. The van der Waals surface area contributed by atoms with Crippen LogP contribution in [0.1, 0.15) is 37.2 Å². The third kappa shape index (κ3) is 5.97. The molecule has 20 heavy (non-hydrogen) atoms. The van der Waals surface area contributed by atoms with Gasteiger partial charge in [0.1, 0.15) is 10.8 Å². The summed E-state index contributed by atoms with van der Waals surface area (Å²) in [6.07, 6.45) is 3.34. The second-order valence-electron chi connectivity index (χ2n) is 5.03. The van der Waals surface area contributed by atoms with Crippen molar-refractivity contribution < 1.29 is 14.7 Å². The summed E-state index contributed by atoms with van der Waals surface area (Å²) in [4.78, 5) is 30.2. The summed E-state index contributed by atoms with van der Waals surface area (Å²) in [6, 6.07) is 0. The molecule has 0 radical (unpaired) electrons. The van der Waals surface area contributed by atoms with Gasteiger partial charge in [0.2, 0.25) is 0 Å². The van der Waals surface area contributed by atoms with E-state index in [1.165, 1.54) is 12.4 Å². The van der Waals surface area contributed by atoms with E-state index in [4.69, 9.17) is 16.7 Å². The molecular weight excluding hydrogens is 282 g/mol. The molecule has 1 heterocycles. The van der Waals surface area contributed by atoms with Gasteiger partial charge < -0.3 is 10.4 Å². The molecule has 1 rings (SSSR count). The number of halogens is 1. The minimum Gasteiger partial charge on any atom is -0.481 e. The van der Waals surface area contributed by atoms with Crippen LogP contribution in [-0.2, 0) is 4.79 Å². The molecule has 1 atom stereocenters. The van der Waals surface area contributed by atoms with Crippen LogP contribution in [0, 0.1) is 11.8 Å². The molecule has 1 aromatic heterocycles. The quantitative estimate of drug-likeness (QED) is 0.803. The van der Waals surface area contributed by atoms with Gasteiger partial charge in [-0.3, -0.25) is 9.59 Å². The number of nitrogens with one attached hydrogen (secondary N) is 1. The molecule has 0 saturated heterocycles. The minimum atomic E-state index is -0.865. The van der Waals surface area contributed by atoms with E-state index in [1.807, 2.05) is 13.8 Å². The van der Waals surface area contributed by atoms with Gasteiger partial charge in [0.05, 0.1) is 12.4 Å². The Hall–Kier alpha value is -1.69. The predicted octanol–water partition coefficient (Wildman–Crippen LogP) is 2.00. The van der Waals surface area contributed by atoms with Crippen LogP contribution in [0.3, 0.4) is 0 Å². The van der Waals surface area contributed by atoms with Gasteiger partial charge >= 0.3 is 5.97 Å². The predicted molar refractivity (Wildman–Crippen MR) is 74.6 cm³/mol. The summed E-state index contributed by atoms with van der Waals surface area (Å²) >= 11 is 5.59. The molecule has 1 amide bonds. The Labute approximate surface area is 122 Å². The van der Waals surface area contributed by atoms with Gasteiger partial charge in [-0.15, -0.1) is 0 Å². The molecular formula is C13H18ClN3O3. The number of carbonyl (C=O) groups excluding carboxylic acids is 1. The topological polar surface area (TPSA) is 92.2 Å². The first-order valence-corrected chi connectivity index (χ1v) is 6.73. The van der Waals surface area contributed by atoms with Crippen LogP contribution in [0.25, 0.3) is 0 Å². The number of carbonyl (C=O) groups is 2. The van der Waals surface area contributed by atoms with E-state index < -0.39 is 5.97 Å². The first-order chi connectivity index (χ1) is 9.38. The van der Waals surface area contributed by atoms with E-state index in [0.717, 1.165) is 6.42 Å². The van der Waals surface area contributed by atoms with Gasteiger partial charge in [-0.25, -0.2) is 9.97 Å². The molecule has 0 bridgehead atoms. The lowest BCUT2D eigenvalue weighted by atomic mass is 9.94. The molecule has 0 aliphatic rings. The lowest BCUT2D eigenvalue weighted by Gasteiger charge is -2.17. The largest absolute Gasteiger partial charge is 0.481 e. The zero-order chi connectivity index (χ0) is 15.1. The van der Waals surface area contributed by atoms with Crippen molar-refractivity contribution in [3.05, 3.63) is 23.2 Å². The smallest absolute Gasteiger partial charge is 0.303 e. The third-order valence-corrected chi connectivity index (χ3v) is 2.87. The molecule has 110 valence electrons. The molecule has 1 aromatic rings. The highest BCUT2D eigenvalue weighted by Crippen LogP contribution is 2.15. The zero-order valence-corrected chi connectivity index (χ0v) is 12.2. The zero-order valence-electron chi connectivity index (χ0n) is 11.5. The number of hydrogen-bond acceptors (Lipinski definition) is 4. The van der Waals surface area contributed by atoms with E-state index in [-0.39, 0.29) is 29.1 Å². The molecule has 0 spiro atoms. The van der Waals surface area contributed by atoms with E-state index >= 15 is 0 Å². The average Bonchev–Trinajstić information content (AvgIpc) is 2.35. The second-order valence-corrected chi connectivity index (χ2v) is 5.42. The fraction of sp³-hybridized carbons (Fsp3) is 0.538. The number of hydrogen-bond donors (Lipinski definition) is 2. The molecule has 6 nitrogen and oxygen atoms in total. The summed E-state index contributed by atoms with van der Waals surface area (Å²) in [6.45, 7) is 4.33. The summed E-state index contributed by atoms with van der Waals surface area (Å²) < 4.78 is 0. The van der Waals surface area contributed by atoms with E-state index in [2.05, 4.69) is 15.3 Å². The summed E-state index contributed by atoms with van der Waals surface area (Å²) in [7, 11) is 0. The molecule has 0 unspecified atom stereocenters. The van der Waals surface area contributed by atoms with Crippen LogP contribution >= 0.6 is 11.6 Å². The molecule has 7 heteroatoms. The molecule has 0 saturated carbocycles. The average molecular weight is 300 g/mol. The van der Waals surface area contributed by atoms with Crippen LogP contribution < -0.4 is 5.32 Å². The van der Waals surface area contributed by atoms with E-state index in [0.29, 0.717) is 12.5 Å². The Morgan fingerprint density at radius 2 is 2.05 bits per heavy atom. The molecule has 0 fully saturated rings. The van der Waals surface area contributed by atoms with Crippen LogP contribution in [0.2, 0.25) is 5.15 Å². The van der Waals surface area contributed by atoms with Gasteiger partial charge in [-0.1, -0.05) is 25.4 Å². The first kappa shape index (κ1) is 16.4. The number of aromatic nitrogens is 2. The van der Waals surface area contributed by atoms with Crippen molar-refractivity contribution in [1.82, 2.24) is 15.3 Å². The Bertz CT molecular complexity index is 462. The highest BCUT2D eigenvalue weighted by Gasteiger charge is 2.17. The molecule has 0 aliphatic heterocycles. The Kier molecular flexibility index (Phi) is 6.38. The SMILES string of the molecule is CC(C)C[C@H](CNC(=O)c1cnc(Cl)cn1)CC(=O)O. The molecule has 0 aliphatic carbocycles. The van der Waals surface area contributed by atoms with E-state index in [1.54, 1.807) is 0 Å². The Morgan fingerprint density at radius 3 is 2.55 bits per heavy atom. The number of aliphatic carboxylic acids is 1. The van der Waals surface area contributed by atoms with E-state index in [9.17, 15) is 9.59 Å². The second kappa shape index (κ2) is 7.79. The summed E-state index contributed by atoms with van der Waals surface area (Å²) in [5.41, 5.74) is 0.160. The fourth-order valence-electron chi connectivity index (χ4n) is 1.91. The minimum absolute atomic E-state index is 0.0325. The summed E-state index contributed by atoms with van der Waals surface area (Å²) in [5, 5.41) is 11.8. The van der Waals surface area contributed by atoms with Crippen LogP contribution in [0.4, 0.5) is 0 Å².